The summed E-state index contributed by atoms with van der Waals surface area (Å²) in [5.41, 5.74) is 6.88. The second kappa shape index (κ2) is 6.71. The van der Waals surface area contributed by atoms with Gasteiger partial charge in [-0.2, -0.15) is 0 Å². The van der Waals surface area contributed by atoms with Crippen molar-refractivity contribution in [3.8, 4) is 0 Å². The molecule has 0 aromatic carbocycles. The maximum absolute atomic E-state index is 11.7. The van der Waals surface area contributed by atoms with Gasteiger partial charge in [0.2, 0.25) is 5.91 Å². The van der Waals surface area contributed by atoms with E-state index in [1.807, 2.05) is 6.92 Å². The van der Waals surface area contributed by atoms with Gasteiger partial charge in [0, 0.05) is 17.3 Å². The van der Waals surface area contributed by atoms with Crippen molar-refractivity contribution >= 4 is 22.4 Å². The number of anilines is 1. The summed E-state index contributed by atoms with van der Waals surface area (Å²) >= 11 is 1.52. The van der Waals surface area contributed by atoms with Crippen LogP contribution < -0.4 is 11.1 Å². The van der Waals surface area contributed by atoms with Crippen molar-refractivity contribution in [2.24, 2.45) is 5.73 Å². The molecule has 4 nitrogen and oxygen atoms in total. The smallest absolute Gasteiger partial charge is 0.227 e. The van der Waals surface area contributed by atoms with Gasteiger partial charge in [-0.3, -0.25) is 4.79 Å². The van der Waals surface area contributed by atoms with Crippen LogP contribution in [0.4, 0.5) is 5.13 Å². The van der Waals surface area contributed by atoms with Crippen LogP contribution in [0.15, 0.2) is 0 Å². The van der Waals surface area contributed by atoms with Crippen molar-refractivity contribution in [2.75, 3.05) is 5.32 Å². The molecule has 3 N–H and O–H groups in total. The molecule has 1 atom stereocenters. The molecular weight excluding hydrogens is 234 g/mol. The van der Waals surface area contributed by atoms with Crippen LogP contribution in [-0.4, -0.2) is 16.9 Å². The molecule has 1 rings (SSSR count). The molecule has 0 spiro atoms. The van der Waals surface area contributed by atoms with Gasteiger partial charge in [0.05, 0.1) is 5.69 Å². The third kappa shape index (κ3) is 4.44. The van der Waals surface area contributed by atoms with Gasteiger partial charge in [-0.15, -0.1) is 11.3 Å². The van der Waals surface area contributed by atoms with E-state index < -0.39 is 0 Å². The molecule has 0 aliphatic carbocycles. The van der Waals surface area contributed by atoms with Gasteiger partial charge in [-0.05, 0) is 19.8 Å². The maximum atomic E-state index is 11.7. The predicted octanol–water partition coefficient (Wildman–Crippen LogP) is 2.47. The van der Waals surface area contributed by atoms with Crippen LogP contribution in [0.2, 0.25) is 0 Å². The standard InChI is InChI=1S/C12H21N3OS/c1-4-6-9(13)7-11(16)15-12-14-10(5-2)8(3)17-12/h9H,4-7,13H2,1-3H3,(H,14,15,16). The van der Waals surface area contributed by atoms with Crippen LogP contribution in [0.5, 0.6) is 0 Å². The number of rotatable bonds is 6. The Balaban J connectivity index is 2.50. The molecule has 5 heteroatoms. The van der Waals surface area contributed by atoms with Gasteiger partial charge in [0.25, 0.3) is 0 Å². The Morgan fingerprint density at radius 1 is 1.53 bits per heavy atom. The van der Waals surface area contributed by atoms with Crippen LogP contribution >= 0.6 is 11.3 Å². The van der Waals surface area contributed by atoms with Gasteiger partial charge in [0.15, 0.2) is 5.13 Å². The molecule has 0 bridgehead atoms. The number of nitrogens with two attached hydrogens (primary N) is 1. The zero-order valence-electron chi connectivity index (χ0n) is 10.7. The summed E-state index contributed by atoms with van der Waals surface area (Å²) in [6, 6.07) is -0.0493. The highest BCUT2D eigenvalue weighted by Crippen LogP contribution is 2.22. The first kappa shape index (κ1) is 14.1. The zero-order valence-corrected chi connectivity index (χ0v) is 11.6. The number of hydrogen-bond donors (Lipinski definition) is 2. The van der Waals surface area contributed by atoms with Crippen molar-refractivity contribution in [1.82, 2.24) is 4.98 Å². The SMILES string of the molecule is CCCC(N)CC(=O)Nc1nc(CC)c(C)s1. The number of thiazole rings is 1. The number of carbonyl (C=O) groups excluding carboxylic acids is 1. The Morgan fingerprint density at radius 2 is 2.24 bits per heavy atom. The minimum atomic E-state index is -0.0493. The Bertz CT molecular complexity index is 376. The third-order valence-electron chi connectivity index (χ3n) is 2.58. The van der Waals surface area contributed by atoms with E-state index in [0.29, 0.717) is 11.6 Å². The van der Waals surface area contributed by atoms with Crippen LogP contribution in [0, 0.1) is 6.92 Å². The molecule has 0 fully saturated rings. The van der Waals surface area contributed by atoms with Crippen LogP contribution in [-0.2, 0) is 11.2 Å². The normalized spacial score (nSPS) is 12.5. The fourth-order valence-electron chi connectivity index (χ4n) is 1.69. The van der Waals surface area contributed by atoms with Crippen molar-refractivity contribution in [1.29, 1.82) is 0 Å². The van der Waals surface area contributed by atoms with Gasteiger partial charge in [0.1, 0.15) is 0 Å². The van der Waals surface area contributed by atoms with Crippen molar-refractivity contribution in [2.45, 2.75) is 52.5 Å². The largest absolute Gasteiger partial charge is 0.327 e. The molecule has 0 aliphatic heterocycles. The van der Waals surface area contributed by atoms with Crippen LogP contribution in [0.25, 0.3) is 0 Å². The first-order valence-corrected chi connectivity index (χ1v) is 6.90. The third-order valence-corrected chi connectivity index (χ3v) is 3.51. The number of carbonyl (C=O) groups is 1. The fraction of sp³-hybridized carbons (Fsp3) is 0.667. The van der Waals surface area contributed by atoms with Crippen molar-refractivity contribution < 1.29 is 4.79 Å². The first-order chi connectivity index (χ1) is 8.06. The van der Waals surface area contributed by atoms with Gasteiger partial charge >= 0.3 is 0 Å². The quantitative estimate of drug-likeness (QED) is 0.820. The molecule has 17 heavy (non-hydrogen) atoms. The minimum absolute atomic E-state index is 0.0395. The van der Waals surface area contributed by atoms with E-state index in [1.165, 1.54) is 16.2 Å². The van der Waals surface area contributed by atoms with E-state index in [-0.39, 0.29) is 11.9 Å². The molecule has 1 amide bonds. The Kier molecular flexibility index (Phi) is 5.58. The van der Waals surface area contributed by atoms with Gasteiger partial charge < -0.3 is 11.1 Å². The highest BCUT2D eigenvalue weighted by atomic mass is 32.1. The first-order valence-electron chi connectivity index (χ1n) is 6.08. The number of hydrogen-bond acceptors (Lipinski definition) is 4. The molecule has 0 saturated carbocycles. The summed E-state index contributed by atoms with van der Waals surface area (Å²) < 4.78 is 0. The second-order valence-electron chi connectivity index (χ2n) is 4.18. The average Bonchev–Trinajstić information content (AvgIpc) is 2.58. The summed E-state index contributed by atoms with van der Waals surface area (Å²) in [6.45, 7) is 6.15. The lowest BCUT2D eigenvalue weighted by atomic mass is 10.1. The van der Waals surface area contributed by atoms with E-state index in [2.05, 4.69) is 24.1 Å². The molecule has 0 radical (unpaired) electrons. The Labute approximate surface area is 107 Å². The molecule has 1 heterocycles. The molecule has 1 aromatic rings. The molecule has 0 aliphatic rings. The van der Waals surface area contributed by atoms with Crippen molar-refractivity contribution in [3.05, 3.63) is 10.6 Å². The zero-order chi connectivity index (χ0) is 12.8. The number of nitrogens with zero attached hydrogens (tertiary/aromatic N) is 1. The summed E-state index contributed by atoms with van der Waals surface area (Å²) in [7, 11) is 0. The van der Waals surface area contributed by atoms with E-state index in [0.717, 1.165) is 25.0 Å². The number of aryl methyl sites for hydroxylation is 2. The lowest BCUT2D eigenvalue weighted by Crippen LogP contribution is -2.26. The molecule has 1 aromatic heterocycles. The Hall–Kier alpha value is -0.940. The van der Waals surface area contributed by atoms with E-state index in [9.17, 15) is 4.79 Å². The summed E-state index contributed by atoms with van der Waals surface area (Å²) in [5.74, 6) is -0.0395. The average molecular weight is 255 g/mol. The monoisotopic (exact) mass is 255 g/mol. The lowest BCUT2D eigenvalue weighted by Gasteiger charge is -2.08. The summed E-state index contributed by atoms with van der Waals surface area (Å²) in [4.78, 5) is 17.2. The lowest BCUT2D eigenvalue weighted by molar-refractivity contribution is -0.116. The maximum Gasteiger partial charge on any atom is 0.227 e. The van der Waals surface area contributed by atoms with E-state index >= 15 is 0 Å². The summed E-state index contributed by atoms with van der Waals surface area (Å²) in [5, 5.41) is 3.50. The molecular formula is C12H21N3OS. The second-order valence-corrected chi connectivity index (χ2v) is 5.38. The highest BCUT2D eigenvalue weighted by Gasteiger charge is 2.12. The van der Waals surface area contributed by atoms with Gasteiger partial charge in [-0.25, -0.2) is 4.98 Å². The number of amides is 1. The number of aromatic nitrogens is 1. The van der Waals surface area contributed by atoms with Crippen LogP contribution in [0.3, 0.4) is 0 Å². The summed E-state index contributed by atoms with van der Waals surface area (Å²) in [6.07, 6.45) is 3.15. The molecule has 1 unspecified atom stereocenters. The highest BCUT2D eigenvalue weighted by molar-refractivity contribution is 7.15. The van der Waals surface area contributed by atoms with Crippen LogP contribution in [0.1, 0.15) is 43.7 Å². The molecule has 96 valence electrons. The topological polar surface area (TPSA) is 68.0 Å². The minimum Gasteiger partial charge on any atom is -0.327 e. The molecule has 0 saturated heterocycles. The fourth-order valence-corrected chi connectivity index (χ4v) is 2.61. The van der Waals surface area contributed by atoms with E-state index in [4.69, 9.17) is 5.73 Å². The van der Waals surface area contributed by atoms with Gasteiger partial charge in [-0.1, -0.05) is 20.3 Å². The van der Waals surface area contributed by atoms with Crippen molar-refractivity contribution in [3.63, 3.8) is 0 Å². The number of nitrogens with one attached hydrogen (secondary N) is 1. The Morgan fingerprint density at radius 3 is 2.76 bits per heavy atom. The predicted molar refractivity (Wildman–Crippen MR) is 72.4 cm³/mol. The van der Waals surface area contributed by atoms with E-state index in [1.54, 1.807) is 0 Å².